The zero-order chi connectivity index (χ0) is 18.1. The molecule has 1 heterocycles. The maximum absolute atomic E-state index is 12.6. The molecule has 0 radical (unpaired) electrons. The van der Waals surface area contributed by atoms with E-state index >= 15 is 0 Å². The number of rotatable bonds is 5. The van der Waals surface area contributed by atoms with Crippen molar-refractivity contribution in [1.29, 1.82) is 0 Å². The second-order valence-corrected chi connectivity index (χ2v) is 7.08. The summed E-state index contributed by atoms with van der Waals surface area (Å²) in [6.45, 7) is 2.08. The largest absolute Gasteiger partial charge is 0.346 e. The van der Waals surface area contributed by atoms with Gasteiger partial charge in [0.25, 0.3) is 5.91 Å². The van der Waals surface area contributed by atoms with Crippen molar-refractivity contribution in [2.24, 2.45) is 7.05 Å². The molecule has 1 N–H and O–H groups in total. The number of aryl methyl sites for hydroxylation is 2. The summed E-state index contributed by atoms with van der Waals surface area (Å²) in [5.41, 5.74) is 3.90. The van der Waals surface area contributed by atoms with E-state index in [0.29, 0.717) is 11.4 Å². The molecule has 26 heavy (non-hydrogen) atoms. The predicted molar refractivity (Wildman–Crippen MR) is 98.5 cm³/mol. The van der Waals surface area contributed by atoms with Crippen LogP contribution in [0.25, 0.3) is 11.4 Å². The summed E-state index contributed by atoms with van der Waals surface area (Å²) in [4.78, 5) is 14.1. The van der Waals surface area contributed by atoms with Crippen LogP contribution in [0.3, 0.4) is 0 Å². The third-order valence-corrected chi connectivity index (χ3v) is 4.81. The van der Waals surface area contributed by atoms with Gasteiger partial charge in [-0.05, 0) is 49.1 Å². The highest BCUT2D eigenvalue weighted by atomic mass is 16.1. The number of aromatic nitrogens is 4. The zero-order valence-corrected chi connectivity index (χ0v) is 14.9. The van der Waals surface area contributed by atoms with Crippen molar-refractivity contribution >= 4 is 5.91 Å². The Morgan fingerprint density at radius 3 is 2.38 bits per heavy atom. The molecule has 6 nitrogen and oxygen atoms in total. The van der Waals surface area contributed by atoms with Crippen LogP contribution in [0.4, 0.5) is 0 Å². The topological polar surface area (TPSA) is 72.7 Å². The van der Waals surface area contributed by atoms with E-state index in [0.717, 1.165) is 24.8 Å². The van der Waals surface area contributed by atoms with Gasteiger partial charge in [0.1, 0.15) is 0 Å². The smallest absolute Gasteiger partial charge is 0.251 e. The Balaban J connectivity index is 1.43. The highest BCUT2D eigenvalue weighted by molar-refractivity contribution is 5.95. The van der Waals surface area contributed by atoms with Gasteiger partial charge in [-0.3, -0.25) is 4.79 Å². The summed E-state index contributed by atoms with van der Waals surface area (Å²) in [6.07, 6.45) is 2.92. The van der Waals surface area contributed by atoms with E-state index in [2.05, 4.69) is 51.9 Å². The summed E-state index contributed by atoms with van der Waals surface area (Å²) >= 11 is 0. The maximum Gasteiger partial charge on any atom is 0.251 e. The normalized spacial score (nSPS) is 14.8. The van der Waals surface area contributed by atoms with E-state index in [9.17, 15) is 4.79 Å². The van der Waals surface area contributed by atoms with E-state index < -0.39 is 0 Å². The summed E-state index contributed by atoms with van der Waals surface area (Å²) in [5, 5.41) is 15.2. The number of hydrogen-bond acceptors (Lipinski definition) is 4. The number of nitrogens with one attached hydrogen (secondary N) is 1. The van der Waals surface area contributed by atoms with Gasteiger partial charge in [-0.1, -0.05) is 42.0 Å². The Hall–Kier alpha value is -3.02. The summed E-state index contributed by atoms with van der Waals surface area (Å²) < 4.78 is 0. The first-order valence-corrected chi connectivity index (χ1v) is 8.76. The van der Waals surface area contributed by atoms with Crippen LogP contribution >= 0.6 is 0 Å². The minimum atomic E-state index is -0.0997. The average molecular weight is 347 g/mol. The minimum Gasteiger partial charge on any atom is -0.346 e. The van der Waals surface area contributed by atoms with Crippen LogP contribution < -0.4 is 5.32 Å². The van der Waals surface area contributed by atoms with Crippen molar-refractivity contribution in [1.82, 2.24) is 25.5 Å². The van der Waals surface area contributed by atoms with Gasteiger partial charge < -0.3 is 5.32 Å². The Kier molecular flexibility index (Phi) is 4.03. The SMILES string of the molecule is Cc1ccc(CC2(NC(=O)c3ccc(-c4nnn(C)n4)cc3)CC2)cc1. The van der Waals surface area contributed by atoms with Crippen molar-refractivity contribution in [2.45, 2.75) is 31.7 Å². The number of hydrogen-bond donors (Lipinski definition) is 1. The Morgan fingerprint density at radius 2 is 1.81 bits per heavy atom. The van der Waals surface area contributed by atoms with Crippen LogP contribution in [-0.4, -0.2) is 31.7 Å². The molecule has 132 valence electrons. The molecule has 4 rings (SSSR count). The molecule has 1 aliphatic rings. The lowest BCUT2D eigenvalue weighted by atomic mass is 10.0. The molecule has 0 unspecified atom stereocenters. The number of tetrazole rings is 1. The molecule has 1 aliphatic carbocycles. The molecule has 1 saturated carbocycles. The first-order chi connectivity index (χ1) is 12.5. The summed E-state index contributed by atoms with van der Waals surface area (Å²) in [6, 6.07) is 15.8. The molecule has 1 amide bonds. The second-order valence-electron chi connectivity index (χ2n) is 7.08. The fourth-order valence-corrected chi connectivity index (χ4v) is 3.08. The Labute approximate surface area is 152 Å². The summed E-state index contributed by atoms with van der Waals surface area (Å²) in [7, 11) is 1.72. The molecule has 0 saturated heterocycles. The van der Waals surface area contributed by atoms with E-state index in [1.807, 2.05) is 24.3 Å². The summed E-state index contributed by atoms with van der Waals surface area (Å²) in [5.74, 6) is 0.519. The van der Waals surface area contributed by atoms with Gasteiger partial charge in [0.2, 0.25) is 5.82 Å². The van der Waals surface area contributed by atoms with Crippen LogP contribution in [0.15, 0.2) is 48.5 Å². The fraction of sp³-hybridized carbons (Fsp3) is 0.300. The minimum absolute atomic E-state index is 0.0340. The van der Waals surface area contributed by atoms with Gasteiger partial charge in [0, 0.05) is 16.7 Å². The van der Waals surface area contributed by atoms with Crippen LogP contribution in [0.2, 0.25) is 0 Å². The van der Waals surface area contributed by atoms with Crippen molar-refractivity contribution < 1.29 is 4.79 Å². The van der Waals surface area contributed by atoms with Crippen LogP contribution in [-0.2, 0) is 13.5 Å². The van der Waals surface area contributed by atoms with Crippen molar-refractivity contribution in [3.8, 4) is 11.4 Å². The monoisotopic (exact) mass is 347 g/mol. The highest BCUT2D eigenvalue weighted by Gasteiger charge is 2.43. The fourth-order valence-electron chi connectivity index (χ4n) is 3.08. The van der Waals surface area contributed by atoms with Crippen molar-refractivity contribution in [2.75, 3.05) is 0 Å². The lowest BCUT2D eigenvalue weighted by Gasteiger charge is -2.18. The van der Waals surface area contributed by atoms with Gasteiger partial charge in [-0.2, -0.15) is 4.80 Å². The molecular weight excluding hydrogens is 326 g/mol. The second kappa shape index (κ2) is 6.37. The Bertz CT molecular complexity index is 924. The average Bonchev–Trinajstić information content (AvgIpc) is 3.25. The number of nitrogens with zero attached hydrogens (tertiary/aromatic N) is 4. The molecule has 0 aliphatic heterocycles. The molecule has 0 atom stereocenters. The van der Waals surface area contributed by atoms with Gasteiger partial charge in [0.15, 0.2) is 0 Å². The first-order valence-electron chi connectivity index (χ1n) is 8.76. The zero-order valence-electron chi connectivity index (χ0n) is 14.9. The van der Waals surface area contributed by atoms with Crippen LogP contribution in [0.5, 0.6) is 0 Å². The van der Waals surface area contributed by atoms with Gasteiger partial charge in [-0.25, -0.2) is 0 Å². The molecule has 0 bridgehead atoms. The van der Waals surface area contributed by atoms with Gasteiger partial charge in [-0.15, -0.1) is 10.2 Å². The van der Waals surface area contributed by atoms with E-state index in [1.54, 1.807) is 7.05 Å². The molecular formula is C20H21N5O. The maximum atomic E-state index is 12.6. The van der Waals surface area contributed by atoms with Gasteiger partial charge >= 0.3 is 0 Å². The lowest BCUT2D eigenvalue weighted by Crippen LogP contribution is -2.38. The number of benzene rings is 2. The molecule has 6 heteroatoms. The predicted octanol–water partition coefficient (Wildman–Crippen LogP) is 2.69. The molecule has 3 aromatic rings. The third-order valence-electron chi connectivity index (χ3n) is 4.81. The number of amides is 1. The van der Waals surface area contributed by atoms with E-state index in [1.165, 1.54) is 15.9 Å². The molecule has 0 spiro atoms. The van der Waals surface area contributed by atoms with Crippen molar-refractivity contribution in [3.05, 3.63) is 65.2 Å². The third kappa shape index (κ3) is 3.49. The number of carbonyl (C=O) groups is 1. The van der Waals surface area contributed by atoms with Crippen LogP contribution in [0, 0.1) is 6.92 Å². The quantitative estimate of drug-likeness (QED) is 0.770. The van der Waals surface area contributed by atoms with Gasteiger partial charge in [0.05, 0.1) is 7.05 Å². The number of carbonyl (C=O) groups excluding carboxylic acids is 1. The lowest BCUT2D eigenvalue weighted by molar-refractivity contribution is 0.0931. The first kappa shape index (κ1) is 16.4. The van der Waals surface area contributed by atoms with Crippen molar-refractivity contribution in [3.63, 3.8) is 0 Å². The van der Waals surface area contributed by atoms with E-state index in [4.69, 9.17) is 0 Å². The highest BCUT2D eigenvalue weighted by Crippen LogP contribution is 2.39. The Morgan fingerprint density at radius 1 is 1.12 bits per heavy atom. The molecule has 1 fully saturated rings. The van der Waals surface area contributed by atoms with Crippen LogP contribution in [0.1, 0.15) is 34.3 Å². The molecule has 1 aromatic heterocycles. The molecule has 2 aromatic carbocycles. The van der Waals surface area contributed by atoms with E-state index in [-0.39, 0.29) is 11.4 Å². The standard InChI is InChI=1S/C20H21N5O/c1-14-3-5-15(6-4-14)13-20(11-12-20)21-19(26)17-9-7-16(8-10-17)18-22-24-25(2)23-18/h3-10H,11-13H2,1-2H3,(H,21,26).